The van der Waals surface area contributed by atoms with Crippen molar-refractivity contribution in [3.05, 3.63) is 0 Å². The highest BCUT2D eigenvalue weighted by molar-refractivity contribution is 5.87. The first-order valence-corrected chi connectivity index (χ1v) is 15.2. The van der Waals surface area contributed by atoms with Gasteiger partial charge in [-0.15, -0.1) is 0 Å². The molecule has 0 aromatic heterocycles. The molecule has 7 nitrogen and oxygen atoms in total. The van der Waals surface area contributed by atoms with Gasteiger partial charge < -0.3 is 21.7 Å². The number of nitrogens with one attached hydrogen (secondary N) is 4. The average Bonchev–Trinajstić information content (AvgIpc) is 2.85. The molecule has 212 valence electrons. The van der Waals surface area contributed by atoms with E-state index in [1.54, 1.807) is 0 Å². The number of amides is 2. The maximum Gasteiger partial charge on any atom is 0.242 e. The molecule has 2 amide bonds. The summed E-state index contributed by atoms with van der Waals surface area (Å²) in [5, 5.41) is 15.9. The summed E-state index contributed by atoms with van der Waals surface area (Å²) in [5.41, 5.74) is 5.36. The molecule has 0 aliphatic carbocycles. The molecule has 0 radical (unpaired) electrons. The van der Waals surface area contributed by atoms with Gasteiger partial charge in [-0.25, -0.2) is 0 Å². The quantitative estimate of drug-likeness (QED) is 0.0533. The molecule has 0 aromatic rings. The summed E-state index contributed by atoms with van der Waals surface area (Å²) in [6.07, 6.45) is 24.3. The Hall–Kier alpha value is -1.79. The van der Waals surface area contributed by atoms with Gasteiger partial charge in [0.15, 0.2) is 5.96 Å². The fourth-order valence-electron chi connectivity index (χ4n) is 4.43. The van der Waals surface area contributed by atoms with Gasteiger partial charge in [0, 0.05) is 19.5 Å². The van der Waals surface area contributed by atoms with Crippen molar-refractivity contribution in [1.82, 2.24) is 16.0 Å². The van der Waals surface area contributed by atoms with Crippen LogP contribution >= 0.6 is 0 Å². The Bertz CT molecular complexity index is 542. The van der Waals surface area contributed by atoms with Crippen LogP contribution in [0.5, 0.6) is 0 Å². The van der Waals surface area contributed by atoms with Gasteiger partial charge in [-0.05, 0) is 19.3 Å². The zero-order valence-corrected chi connectivity index (χ0v) is 23.7. The number of hydrogen-bond acceptors (Lipinski definition) is 3. The molecule has 0 saturated heterocycles. The Morgan fingerprint density at radius 3 is 1.56 bits per heavy atom. The lowest BCUT2D eigenvalue weighted by Crippen LogP contribution is -2.48. The van der Waals surface area contributed by atoms with Gasteiger partial charge in [0.05, 0.1) is 0 Å². The topological polar surface area (TPSA) is 120 Å². The van der Waals surface area contributed by atoms with Crippen LogP contribution in [0.4, 0.5) is 0 Å². The second-order valence-electron chi connectivity index (χ2n) is 10.3. The van der Waals surface area contributed by atoms with Crippen molar-refractivity contribution in [2.75, 3.05) is 13.1 Å². The summed E-state index contributed by atoms with van der Waals surface area (Å²) in [4.78, 5) is 25.1. The number of carbonyl (C=O) groups excluding carboxylic acids is 2. The van der Waals surface area contributed by atoms with Gasteiger partial charge >= 0.3 is 0 Å². The van der Waals surface area contributed by atoms with Gasteiger partial charge in [-0.3, -0.25) is 15.0 Å². The molecule has 7 heteroatoms. The summed E-state index contributed by atoms with van der Waals surface area (Å²) < 4.78 is 0. The van der Waals surface area contributed by atoms with Crippen LogP contribution in [0, 0.1) is 5.41 Å². The standard InChI is InChI=1S/C29H59N5O2/c1-3-5-7-9-11-13-15-17-19-21-24-32-28(36)26(23-25-33-29(30)31)34-27(35)22-20-18-16-14-12-10-8-6-4-2/h26H,3-25H2,1-2H3,(H,32,36)(H,34,35)(H4,30,31,33). The summed E-state index contributed by atoms with van der Waals surface area (Å²) in [6.45, 7) is 5.50. The molecule has 0 aromatic carbocycles. The summed E-state index contributed by atoms with van der Waals surface area (Å²) in [7, 11) is 0. The van der Waals surface area contributed by atoms with Crippen molar-refractivity contribution < 1.29 is 9.59 Å². The minimum Gasteiger partial charge on any atom is -0.370 e. The van der Waals surface area contributed by atoms with Gasteiger partial charge in [0.2, 0.25) is 11.8 Å². The van der Waals surface area contributed by atoms with Crippen LogP contribution in [0.1, 0.15) is 149 Å². The molecule has 0 saturated carbocycles. The Morgan fingerprint density at radius 2 is 1.08 bits per heavy atom. The second-order valence-corrected chi connectivity index (χ2v) is 10.3. The van der Waals surface area contributed by atoms with Crippen LogP contribution < -0.4 is 21.7 Å². The third-order valence-corrected chi connectivity index (χ3v) is 6.74. The van der Waals surface area contributed by atoms with Crippen LogP contribution in [-0.2, 0) is 9.59 Å². The van der Waals surface area contributed by atoms with Crippen LogP contribution in [0.3, 0.4) is 0 Å². The van der Waals surface area contributed by atoms with Crippen molar-refractivity contribution in [1.29, 1.82) is 5.41 Å². The predicted octanol–water partition coefficient (Wildman–Crippen LogP) is 6.30. The molecule has 36 heavy (non-hydrogen) atoms. The van der Waals surface area contributed by atoms with Crippen molar-refractivity contribution in [3.8, 4) is 0 Å². The molecule has 0 aliphatic heterocycles. The molecule has 0 rings (SSSR count). The molecule has 0 spiro atoms. The summed E-state index contributed by atoms with van der Waals surface area (Å²) >= 11 is 0. The maximum atomic E-state index is 12.7. The molecule has 0 heterocycles. The minimum atomic E-state index is -0.592. The molecule has 0 aliphatic rings. The number of rotatable bonds is 26. The smallest absolute Gasteiger partial charge is 0.242 e. The molecule has 0 bridgehead atoms. The number of nitrogens with two attached hydrogens (primary N) is 1. The first kappa shape index (κ1) is 34.2. The molecule has 1 unspecified atom stereocenters. The van der Waals surface area contributed by atoms with E-state index in [0.29, 0.717) is 25.9 Å². The van der Waals surface area contributed by atoms with Gasteiger partial charge in [0.1, 0.15) is 6.04 Å². The highest BCUT2D eigenvalue weighted by Gasteiger charge is 2.20. The van der Waals surface area contributed by atoms with E-state index >= 15 is 0 Å². The monoisotopic (exact) mass is 509 g/mol. The van der Waals surface area contributed by atoms with Crippen LogP contribution in [-0.4, -0.2) is 36.9 Å². The zero-order valence-electron chi connectivity index (χ0n) is 23.7. The molecule has 0 fully saturated rings. The largest absolute Gasteiger partial charge is 0.370 e. The fraction of sp³-hybridized carbons (Fsp3) is 0.897. The molecule has 6 N–H and O–H groups in total. The first-order chi connectivity index (χ1) is 17.5. The predicted molar refractivity (Wildman–Crippen MR) is 153 cm³/mol. The van der Waals surface area contributed by atoms with E-state index in [2.05, 4.69) is 29.8 Å². The van der Waals surface area contributed by atoms with Gasteiger partial charge in [0.25, 0.3) is 0 Å². The van der Waals surface area contributed by atoms with Gasteiger partial charge in [-0.1, -0.05) is 123 Å². The van der Waals surface area contributed by atoms with Crippen LogP contribution in [0.2, 0.25) is 0 Å². The lowest BCUT2D eigenvalue weighted by atomic mass is 10.1. The summed E-state index contributed by atoms with van der Waals surface area (Å²) in [6, 6.07) is -0.592. The van der Waals surface area contributed by atoms with Crippen LogP contribution in [0.25, 0.3) is 0 Å². The van der Waals surface area contributed by atoms with Crippen molar-refractivity contribution >= 4 is 17.8 Å². The SMILES string of the molecule is CCCCCCCCCCCCNC(=O)C(CCNC(=N)N)NC(=O)CCCCCCCCCCC. The van der Waals surface area contributed by atoms with E-state index in [4.69, 9.17) is 11.1 Å². The van der Waals surface area contributed by atoms with Crippen molar-refractivity contribution in [3.63, 3.8) is 0 Å². The third kappa shape index (κ3) is 23.9. The molecular formula is C29H59N5O2. The molecular weight excluding hydrogens is 450 g/mol. The lowest BCUT2D eigenvalue weighted by Gasteiger charge is -2.19. The summed E-state index contributed by atoms with van der Waals surface area (Å²) in [5.74, 6) is -0.336. The number of carbonyl (C=O) groups is 2. The van der Waals surface area contributed by atoms with Crippen molar-refractivity contribution in [2.24, 2.45) is 5.73 Å². The molecule has 1 atom stereocenters. The average molecular weight is 510 g/mol. The fourth-order valence-corrected chi connectivity index (χ4v) is 4.43. The lowest BCUT2D eigenvalue weighted by molar-refractivity contribution is -0.129. The number of unbranched alkanes of at least 4 members (excludes halogenated alkanes) is 17. The zero-order chi connectivity index (χ0) is 26.7. The minimum absolute atomic E-state index is 0.0696. The van der Waals surface area contributed by atoms with E-state index in [0.717, 1.165) is 25.7 Å². The van der Waals surface area contributed by atoms with E-state index in [-0.39, 0.29) is 17.8 Å². The van der Waals surface area contributed by atoms with E-state index in [1.165, 1.54) is 96.3 Å². The number of guanidine groups is 1. The van der Waals surface area contributed by atoms with Crippen molar-refractivity contribution in [2.45, 2.75) is 155 Å². The number of hydrogen-bond donors (Lipinski definition) is 5. The Balaban J connectivity index is 4.06. The van der Waals surface area contributed by atoms with E-state index in [9.17, 15) is 9.59 Å². The van der Waals surface area contributed by atoms with E-state index in [1.807, 2.05) is 0 Å². The first-order valence-electron chi connectivity index (χ1n) is 15.2. The van der Waals surface area contributed by atoms with Gasteiger partial charge in [-0.2, -0.15) is 0 Å². The highest BCUT2D eigenvalue weighted by Crippen LogP contribution is 2.11. The Labute approximate surface area is 222 Å². The Kier molecular flexibility index (Phi) is 25.0. The van der Waals surface area contributed by atoms with Crippen LogP contribution in [0.15, 0.2) is 0 Å². The maximum absolute atomic E-state index is 12.7. The Morgan fingerprint density at radius 1 is 0.639 bits per heavy atom. The normalized spacial score (nSPS) is 11.7. The third-order valence-electron chi connectivity index (χ3n) is 6.74. The second kappa shape index (κ2) is 26.3. The highest BCUT2D eigenvalue weighted by atomic mass is 16.2. The van der Waals surface area contributed by atoms with E-state index < -0.39 is 6.04 Å².